The zero-order valence-corrected chi connectivity index (χ0v) is 10.4. The lowest BCUT2D eigenvalue weighted by Crippen LogP contribution is -1.90. The average Bonchev–Trinajstić information content (AvgIpc) is 2.91. The molecular weight excluding hydrogens is 258 g/mol. The van der Waals surface area contributed by atoms with Crippen molar-refractivity contribution in [3.63, 3.8) is 0 Å². The highest BCUT2D eigenvalue weighted by Gasteiger charge is 2.09. The monoisotopic (exact) mass is 269 g/mol. The predicted molar refractivity (Wildman–Crippen MR) is 73.2 cm³/mol. The van der Waals surface area contributed by atoms with Crippen LogP contribution in [0.2, 0.25) is 0 Å². The number of hydrogen-bond acceptors (Lipinski definition) is 4. The first-order chi connectivity index (χ1) is 9.69. The molecule has 0 unspecified atom stereocenters. The molecule has 0 atom stereocenters. The maximum Gasteiger partial charge on any atom is 0.269 e. The van der Waals surface area contributed by atoms with Crippen LogP contribution < -0.4 is 0 Å². The van der Waals surface area contributed by atoms with Gasteiger partial charge in [-0.15, -0.1) is 0 Å². The summed E-state index contributed by atoms with van der Waals surface area (Å²) < 4.78 is 1.82. The molecule has 2 aromatic heterocycles. The average molecular weight is 269 g/mol. The van der Waals surface area contributed by atoms with Crippen molar-refractivity contribution in [1.29, 1.82) is 0 Å². The molecule has 0 saturated heterocycles. The fourth-order valence-corrected chi connectivity index (χ4v) is 2.09. The molecular formula is C14H11N3O3. The standard InChI is InChI=1S/C14H11N3O3/c18-9-11-2-1-7-16-8-13(15-14(11)16)10-3-5-12(6-4-10)17(19)20/h1-8,18H,9H2. The van der Waals surface area contributed by atoms with Crippen molar-refractivity contribution in [2.45, 2.75) is 6.61 Å². The van der Waals surface area contributed by atoms with E-state index in [0.717, 1.165) is 11.1 Å². The molecule has 3 rings (SSSR count). The third kappa shape index (κ3) is 2.02. The summed E-state index contributed by atoms with van der Waals surface area (Å²) in [5.74, 6) is 0. The molecule has 6 nitrogen and oxygen atoms in total. The largest absolute Gasteiger partial charge is 0.392 e. The maximum atomic E-state index is 10.6. The molecule has 2 heterocycles. The van der Waals surface area contributed by atoms with Crippen LogP contribution in [0.4, 0.5) is 5.69 Å². The van der Waals surface area contributed by atoms with Gasteiger partial charge in [0.1, 0.15) is 5.65 Å². The Morgan fingerprint density at radius 2 is 2.00 bits per heavy atom. The lowest BCUT2D eigenvalue weighted by molar-refractivity contribution is -0.384. The van der Waals surface area contributed by atoms with Crippen LogP contribution in [0.15, 0.2) is 48.8 Å². The van der Waals surface area contributed by atoms with E-state index in [2.05, 4.69) is 4.98 Å². The minimum Gasteiger partial charge on any atom is -0.392 e. The quantitative estimate of drug-likeness (QED) is 0.584. The lowest BCUT2D eigenvalue weighted by atomic mass is 10.1. The normalized spacial score (nSPS) is 10.8. The van der Waals surface area contributed by atoms with E-state index in [-0.39, 0.29) is 12.3 Å². The lowest BCUT2D eigenvalue weighted by Gasteiger charge is -1.97. The van der Waals surface area contributed by atoms with Crippen molar-refractivity contribution in [2.75, 3.05) is 0 Å². The second-order valence-electron chi connectivity index (χ2n) is 4.35. The maximum absolute atomic E-state index is 10.6. The number of nitro groups is 1. The van der Waals surface area contributed by atoms with Gasteiger partial charge in [0.2, 0.25) is 0 Å². The van der Waals surface area contributed by atoms with Crippen molar-refractivity contribution < 1.29 is 10.0 Å². The Labute approximate surface area is 114 Å². The summed E-state index contributed by atoms with van der Waals surface area (Å²) in [6.07, 6.45) is 3.67. The second kappa shape index (κ2) is 4.75. The van der Waals surface area contributed by atoms with Crippen LogP contribution in [0.5, 0.6) is 0 Å². The molecule has 0 bridgehead atoms. The summed E-state index contributed by atoms with van der Waals surface area (Å²) in [5.41, 5.74) is 2.97. The van der Waals surface area contributed by atoms with Crippen LogP contribution in [0, 0.1) is 10.1 Å². The number of imidazole rings is 1. The first-order valence-electron chi connectivity index (χ1n) is 6.01. The number of benzene rings is 1. The van der Waals surface area contributed by atoms with Gasteiger partial charge in [-0.3, -0.25) is 10.1 Å². The molecule has 3 aromatic rings. The highest BCUT2D eigenvalue weighted by molar-refractivity contribution is 5.65. The number of fused-ring (bicyclic) bond motifs is 1. The zero-order chi connectivity index (χ0) is 14.1. The highest BCUT2D eigenvalue weighted by atomic mass is 16.6. The molecule has 0 amide bonds. The van der Waals surface area contributed by atoms with Gasteiger partial charge in [-0.05, 0) is 18.2 Å². The van der Waals surface area contributed by atoms with Gasteiger partial charge >= 0.3 is 0 Å². The Morgan fingerprint density at radius 1 is 1.25 bits per heavy atom. The van der Waals surface area contributed by atoms with Crippen LogP contribution in [0.25, 0.3) is 16.9 Å². The molecule has 0 saturated carbocycles. The molecule has 1 N–H and O–H groups in total. The van der Waals surface area contributed by atoms with Crippen molar-refractivity contribution in [1.82, 2.24) is 9.38 Å². The third-order valence-electron chi connectivity index (χ3n) is 3.11. The molecule has 0 aliphatic carbocycles. The van der Waals surface area contributed by atoms with Crippen LogP contribution >= 0.6 is 0 Å². The first kappa shape index (κ1) is 12.3. The fraction of sp³-hybridized carbons (Fsp3) is 0.0714. The van der Waals surface area contributed by atoms with Gasteiger partial charge in [-0.1, -0.05) is 6.07 Å². The summed E-state index contributed by atoms with van der Waals surface area (Å²) in [7, 11) is 0. The van der Waals surface area contributed by atoms with E-state index in [1.54, 1.807) is 12.1 Å². The predicted octanol–water partition coefficient (Wildman–Crippen LogP) is 2.40. The number of hydrogen-bond donors (Lipinski definition) is 1. The number of non-ortho nitro benzene ring substituents is 1. The molecule has 0 aliphatic heterocycles. The topological polar surface area (TPSA) is 80.7 Å². The van der Waals surface area contributed by atoms with Crippen molar-refractivity contribution in [3.8, 4) is 11.3 Å². The number of nitro benzene ring substituents is 1. The molecule has 0 spiro atoms. The minimum atomic E-state index is -0.433. The minimum absolute atomic E-state index is 0.0496. The number of nitrogens with zero attached hydrogens (tertiary/aromatic N) is 3. The number of aromatic nitrogens is 2. The van der Waals surface area contributed by atoms with Crippen LogP contribution in [0.1, 0.15) is 5.56 Å². The van der Waals surface area contributed by atoms with E-state index < -0.39 is 4.92 Å². The smallest absolute Gasteiger partial charge is 0.269 e. The number of rotatable bonds is 3. The second-order valence-corrected chi connectivity index (χ2v) is 4.35. The van der Waals surface area contributed by atoms with Gasteiger partial charge in [0.05, 0.1) is 17.2 Å². The van der Waals surface area contributed by atoms with Crippen molar-refractivity contribution in [2.24, 2.45) is 0 Å². The van der Waals surface area contributed by atoms with Gasteiger partial charge in [0.15, 0.2) is 0 Å². The molecule has 0 fully saturated rings. The van der Waals surface area contributed by atoms with E-state index in [1.807, 2.05) is 28.9 Å². The molecule has 100 valence electrons. The molecule has 6 heteroatoms. The first-order valence-corrected chi connectivity index (χ1v) is 6.01. The summed E-state index contributed by atoms with van der Waals surface area (Å²) in [4.78, 5) is 14.7. The van der Waals surface area contributed by atoms with E-state index in [0.29, 0.717) is 11.3 Å². The van der Waals surface area contributed by atoms with Crippen LogP contribution in [-0.2, 0) is 6.61 Å². The Balaban J connectivity index is 2.08. The van der Waals surface area contributed by atoms with Gasteiger partial charge in [0, 0.05) is 35.7 Å². The van der Waals surface area contributed by atoms with Crippen LogP contribution in [0.3, 0.4) is 0 Å². The van der Waals surface area contributed by atoms with Gasteiger partial charge in [0.25, 0.3) is 5.69 Å². The Bertz CT molecular complexity index is 778. The highest BCUT2D eigenvalue weighted by Crippen LogP contribution is 2.23. The zero-order valence-electron chi connectivity index (χ0n) is 10.4. The number of aliphatic hydroxyl groups is 1. The van der Waals surface area contributed by atoms with E-state index >= 15 is 0 Å². The SMILES string of the molecule is O=[N+]([O-])c1ccc(-c2cn3cccc(CO)c3n2)cc1. The Kier molecular flexibility index (Phi) is 2.92. The van der Waals surface area contributed by atoms with Crippen molar-refractivity contribution >= 4 is 11.3 Å². The fourth-order valence-electron chi connectivity index (χ4n) is 2.09. The van der Waals surface area contributed by atoms with Crippen LogP contribution in [-0.4, -0.2) is 19.4 Å². The molecule has 20 heavy (non-hydrogen) atoms. The van der Waals surface area contributed by atoms with E-state index in [1.165, 1.54) is 12.1 Å². The van der Waals surface area contributed by atoms with Gasteiger partial charge < -0.3 is 9.51 Å². The summed E-state index contributed by atoms with van der Waals surface area (Å²) >= 11 is 0. The summed E-state index contributed by atoms with van der Waals surface area (Å²) in [6.45, 7) is -0.0823. The van der Waals surface area contributed by atoms with E-state index in [9.17, 15) is 15.2 Å². The molecule has 0 radical (unpaired) electrons. The Morgan fingerprint density at radius 3 is 2.65 bits per heavy atom. The van der Waals surface area contributed by atoms with Gasteiger partial charge in [-0.2, -0.15) is 0 Å². The molecule has 1 aromatic carbocycles. The number of aliphatic hydroxyl groups excluding tert-OH is 1. The summed E-state index contributed by atoms with van der Waals surface area (Å²) in [6, 6.07) is 9.87. The van der Waals surface area contributed by atoms with E-state index in [4.69, 9.17) is 0 Å². The molecule has 0 aliphatic rings. The van der Waals surface area contributed by atoms with Crippen molar-refractivity contribution in [3.05, 3.63) is 64.5 Å². The van der Waals surface area contributed by atoms with Gasteiger partial charge in [-0.25, -0.2) is 4.98 Å². The third-order valence-corrected chi connectivity index (χ3v) is 3.11. The summed E-state index contributed by atoms with van der Waals surface area (Å²) in [5, 5.41) is 19.9. The Hall–Kier alpha value is -2.73. The number of pyridine rings is 1.